The molecule has 2 N–H and O–H groups in total. The molecule has 0 radical (unpaired) electrons. The van der Waals surface area contributed by atoms with Gasteiger partial charge in [-0.15, -0.1) is 10.2 Å². The van der Waals surface area contributed by atoms with Crippen molar-refractivity contribution in [3.05, 3.63) is 17.3 Å². The second kappa shape index (κ2) is 4.30. The van der Waals surface area contributed by atoms with Crippen LogP contribution in [-0.4, -0.2) is 26.9 Å². The highest BCUT2D eigenvalue weighted by molar-refractivity contribution is 7.14. The van der Waals surface area contributed by atoms with Crippen molar-refractivity contribution in [1.82, 2.24) is 25.7 Å². The summed E-state index contributed by atoms with van der Waals surface area (Å²) in [5.41, 5.74) is 0.922. The van der Waals surface area contributed by atoms with Crippen molar-refractivity contribution in [2.75, 3.05) is 6.54 Å². The van der Waals surface area contributed by atoms with Gasteiger partial charge in [0.2, 0.25) is 0 Å². The number of aromatic amines is 1. The molecular weight excluding hydrogens is 198 g/mol. The molecule has 0 bridgehead atoms. The van der Waals surface area contributed by atoms with Crippen LogP contribution in [0, 0.1) is 0 Å². The van der Waals surface area contributed by atoms with Crippen LogP contribution in [-0.2, 0) is 6.54 Å². The lowest BCUT2D eigenvalue weighted by atomic mass is 10.5. The summed E-state index contributed by atoms with van der Waals surface area (Å²) in [4.78, 5) is 0. The molecule has 2 heterocycles. The van der Waals surface area contributed by atoms with Crippen LogP contribution < -0.4 is 5.32 Å². The highest BCUT2D eigenvalue weighted by atomic mass is 32.1. The number of rotatable bonds is 4. The van der Waals surface area contributed by atoms with E-state index >= 15 is 0 Å². The summed E-state index contributed by atoms with van der Waals surface area (Å²) in [6.45, 7) is 3.79. The average molecular weight is 209 g/mol. The second-order valence-corrected chi connectivity index (χ2v) is 3.81. The standard InChI is InChI=1S/C8H11N5S/c1-2-9-5-7-12-13-8(14-7)6-3-4-10-11-6/h3-4,9H,2,5H2,1H3,(H,10,11). The molecule has 0 fully saturated rings. The summed E-state index contributed by atoms with van der Waals surface area (Å²) in [5, 5.41) is 20.0. The Kier molecular flexibility index (Phi) is 2.85. The maximum Gasteiger partial charge on any atom is 0.165 e. The van der Waals surface area contributed by atoms with Gasteiger partial charge >= 0.3 is 0 Å². The zero-order valence-electron chi connectivity index (χ0n) is 7.82. The Balaban J connectivity index is 2.10. The van der Waals surface area contributed by atoms with Crippen molar-refractivity contribution in [2.24, 2.45) is 0 Å². The van der Waals surface area contributed by atoms with Crippen LogP contribution >= 0.6 is 11.3 Å². The molecule has 0 saturated heterocycles. The third kappa shape index (κ3) is 1.97. The zero-order valence-corrected chi connectivity index (χ0v) is 8.64. The first-order valence-electron chi connectivity index (χ1n) is 4.43. The Hall–Kier alpha value is -1.27. The maximum atomic E-state index is 4.07. The van der Waals surface area contributed by atoms with E-state index in [0.717, 1.165) is 28.8 Å². The van der Waals surface area contributed by atoms with E-state index in [1.54, 1.807) is 17.5 Å². The zero-order chi connectivity index (χ0) is 9.80. The Labute approximate surface area is 85.6 Å². The first kappa shape index (κ1) is 9.29. The van der Waals surface area contributed by atoms with Crippen molar-refractivity contribution >= 4 is 11.3 Å². The molecule has 0 aliphatic heterocycles. The molecule has 0 aliphatic rings. The number of nitrogens with zero attached hydrogens (tertiary/aromatic N) is 3. The minimum absolute atomic E-state index is 0.780. The highest BCUT2D eigenvalue weighted by Gasteiger charge is 2.06. The molecular formula is C8H11N5S. The molecule has 0 atom stereocenters. The summed E-state index contributed by atoms with van der Waals surface area (Å²) in [6.07, 6.45) is 1.71. The number of hydrogen-bond acceptors (Lipinski definition) is 5. The van der Waals surface area contributed by atoms with Gasteiger partial charge in [-0.3, -0.25) is 5.10 Å². The Bertz CT molecular complexity index is 380. The lowest BCUT2D eigenvalue weighted by molar-refractivity contribution is 0.715. The van der Waals surface area contributed by atoms with Gasteiger partial charge in [-0.2, -0.15) is 5.10 Å². The number of H-pyrrole nitrogens is 1. The van der Waals surface area contributed by atoms with Gasteiger partial charge in [-0.25, -0.2) is 0 Å². The van der Waals surface area contributed by atoms with Gasteiger partial charge in [0.15, 0.2) is 5.01 Å². The predicted molar refractivity (Wildman–Crippen MR) is 54.9 cm³/mol. The van der Waals surface area contributed by atoms with Crippen molar-refractivity contribution in [3.8, 4) is 10.7 Å². The average Bonchev–Trinajstić information content (AvgIpc) is 2.85. The van der Waals surface area contributed by atoms with E-state index in [1.165, 1.54) is 0 Å². The molecule has 0 spiro atoms. The molecule has 2 aromatic heterocycles. The van der Waals surface area contributed by atoms with E-state index < -0.39 is 0 Å². The molecule has 0 aliphatic carbocycles. The van der Waals surface area contributed by atoms with Crippen molar-refractivity contribution in [3.63, 3.8) is 0 Å². The monoisotopic (exact) mass is 209 g/mol. The van der Waals surface area contributed by atoms with Crippen LogP contribution in [0.15, 0.2) is 12.3 Å². The normalized spacial score (nSPS) is 10.6. The van der Waals surface area contributed by atoms with Gasteiger partial charge < -0.3 is 5.32 Å². The fourth-order valence-corrected chi connectivity index (χ4v) is 1.83. The van der Waals surface area contributed by atoms with Gasteiger partial charge in [0.25, 0.3) is 0 Å². The molecule has 2 rings (SSSR count). The molecule has 5 nitrogen and oxygen atoms in total. The first-order valence-corrected chi connectivity index (χ1v) is 5.24. The summed E-state index contributed by atoms with van der Waals surface area (Å²) in [6, 6.07) is 1.89. The molecule has 6 heteroatoms. The summed E-state index contributed by atoms with van der Waals surface area (Å²) in [7, 11) is 0. The number of nitrogens with one attached hydrogen (secondary N) is 2. The lowest BCUT2D eigenvalue weighted by Crippen LogP contribution is -2.11. The van der Waals surface area contributed by atoms with Crippen LogP contribution in [0.1, 0.15) is 11.9 Å². The minimum atomic E-state index is 0.780. The lowest BCUT2D eigenvalue weighted by Gasteiger charge is -1.93. The highest BCUT2D eigenvalue weighted by Crippen LogP contribution is 2.20. The van der Waals surface area contributed by atoms with E-state index in [4.69, 9.17) is 0 Å². The summed E-state index contributed by atoms with van der Waals surface area (Å²) < 4.78 is 0. The van der Waals surface area contributed by atoms with Crippen molar-refractivity contribution < 1.29 is 0 Å². The van der Waals surface area contributed by atoms with E-state index in [-0.39, 0.29) is 0 Å². The maximum absolute atomic E-state index is 4.07. The summed E-state index contributed by atoms with van der Waals surface area (Å²) in [5.74, 6) is 0. The van der Waals surface area contributed by atoms with Crippen molar-refractivity contribution in [2.45, 2.75) is 13.5 Å². The Morgan fingerprint density at radius 3 is 3.14 bits per heavy atom. The SMILES string of the molecule is CCNCc1nnc(-c2ccn[nH]2)s1. The van der Waals surface area contributed by atoms with Crippen LogP contribution in [0.4, 0.5) is 0 Å². The predicted octanol–water partition coefficient (Wildman–Crippen LogP) is 1.04. The third-order valence-corrected chi connectivity index (χ3v) is 2.68. The van der Waals surface area contributed by atoms with E-state index in [9.17, 15) is 0 Å². The van der Waals surface area contributed by atoms with E-state index in [1.807, 2.05) is 6.07 Å². The van der Waals surface area contributed by atoms with Gasteiger partial charge in [-0.05, 0) is 12.6 Å². The van der Waals surface area contributed by atoms with E-state index in [2.05, 4.69) is 32.6 Å². The van der Waals surface area contributed by atoms with Gasteiger partial charge in [0, 0.05) is 12.7 Å². The molecule has 0 saturated carbocycles. The smallest absolute Gasteiger partial charge is 0.165 e. The molecule has 0 amide bonds. The first-order chi connectivity index (χ1) is 6.90. The van der Waals surface area contributed by atoms with Gasteiger partial charge in [0.05, 0.1) is 5.69 Å². The summed E-state index contributed by atoms with van der Waals surface area (Å²) >= 11 is 1.57. The third-order valence-electron chi connectivity index (χ3n) is 1.72. The quantitative estimate of drug-likeness (QED) is 0.789. The topological polar surface area (TPSA) is 66.5 Å². The van der Waals surface area contributed by atoms with Gasteiger partial charge in [-0.1, -0.05) is 18.3 Å². The van der Waals surface area contributed by atoms with Crippen LogP contribution in [0.25, 0.3) is 10.7 Å². The fourth-order valence-electron chi connectivity index (χ4n) is 1.04. The van der Waals surface area contributed by atoms with Crippen LogP contribution in [0.5, 0.6) is 0 Å². The van der Waals surface area contributed by atoms with Crippen LogP contribution in [0.2, 0.25) is 0 Å². The fraction of sp³-hybridized carbons (Fsp3) is 0.375. The van der Waals surface area contributed by atoms with Crippen molar-refractivity contribution in [1.29, 1.82) is 0 Å². The Morgan fingerprint density at radius 2 is 2.43 bits per heavy atom. The van der Waals surface area contributed by atoms with Gasteiger partial charge in [0.1, 0.15) is 5.01 Å². The molecule has 14 heavy (non-hydrogen) atoms. The molecule has 74 valence electrons. The largest absolute Gasteiger partial charge is 0.311 e. The van der Waals surface area contributed by atoms with Crippen LogP contribution in [0.3, 0.4) is 0 Å². The minimum Gasteiger partial charge on any atom is -0.311 e. The second-order valence-electron chi connectivity index (χ2n) is 2.75. The molecule has 2 aromatic rings. The molecule has 0 unspecified atom stereocenters. The number of aromatic nitrogens is 4. The molecule has 0 aromatic carbocycles. The number of hydrogen-bond donors (Lipinski definition) is 2. The Morgan fingerprint density at radius 1 is 1.50 bits per heavy atom. The van der Waals surface area contributed by atoms with E-state index in [0.29, 0.717) is 0 Å².